The third-order valence-corrected chi connectivity index (χ3v) is 6.16. The van der Waals surface area contributed by atoms with E-state index < -0.39 is 76.5 Å². The highest BCUT2D eigenvalue weighted by Gasteiger charge is 2.42. The van der Waals surface area contributed by atoms with E-state index >= 15 is 0 Å². The summed E-state index contributed by atoms with van der Waals surface area (Å²) in [5.74, 6) is -4.67. The molecule has 1 aromatic heterocycles. The van der Waals surface area contributed by atoms with Crippen LogP contribution in [0.25, 0.3) is 0 Å². The van der Waals surface area contributed by atoms with Gasteiger partial charge in [0.25, 0.3) is 18.2 Å². The predicted molar refractivity (Wildman–Crippen MR) is 108 cm³/mol. The molecule has 1 unspecified atom stereocenters. The normalized spacial score (nSPS) is 19.9. The maximum absolute atomic E-state index is 14.0. The van der Waals surface area contributed by atoms with Crippen molar-refractivity contribution in [3.05, 3.63) is 62.6 Å². The molecule has 2 aliphatic heterocycles. The van der Waals surface area contributed by atoms with Crippen molar-refractivity contribution in [2.45, 2.75) is 51.2 Å². The van der Waals surface area contributed by atoms with Crippen molar-refractivity contribution < 1.29 is 32.3 Å². The maximum Gasteiger partial charge on any atom is 0.275 e. The molecule has 0 aliphatic carbocycles. The van der Waals surface area contributed by atoms with Gasteiger partial charge in [0.05, 0.1) is 12.1 Å². The second-order valence-electron chi connectivity index (χ2n) is 8.31. The summed E-state index contributed by atoms with van der Waals surface area (Å²) in [5.41, 5.74) is -2.19. The van der Waals surface area contributed by atoms with Gasteiger partial charge in [0.2, 0.25) is 5.43 Å². The summed E-state index contributed by atoms with van der Waals surface area (Å²) in [6.45, 7) is 0.902. The van der Waals surface area contributed by atoms with Gasteiger partial charge in [-0.25, -0.2) is 17.6 Å². The number of alkyl halides is 2. The summed E-state index contributed by atoms with van der Waals surface area (Å²) in [4.78, 5) is 39.1. The Bertz CT molecular complexity index is 1170. The van der Waals surface area contributed by atoms with E-state index in [1.54, 1.807) is 0 Å². The van der Waals surface area contributed by atoms with Gasteiger partial charge in [0.1, 0.15) is 17.2 Å². The molecule has 176 valence electrons. The van der Waals surface area contributed by atoms with Gasteiger partial charge in [0, 0.05) is 24.8 Å². The number of hydrogen-bond acceptors (Lipinski definition) is 4. The Hall–Kier alpha value is -3.37. The van der Waals surface area contributed by atoms with E-state index in [-0.39, 0.29) is 13.0 Å². The van der Waals surface area contributed by atoms with E-state index in [4.69, 9.17) is 0 Å². The highest BCUT2D eigenvalue weighted by molar-refractivity contribution is 5.99. The molecule has 0 spiro atoms. The van der Waals surface area contributed by atoms with Gasteiger partial charge < -0.3 is 19.9 Å². The monoisotopic (exact) mass is 467 g/mol. The Morgan fingerprint density at radius 2 is 1.88 bits per heavy atom. The number of aromatic hydroxyl groups is 1. The smallest absolute Gasteiger partial charge is 0.275 e. The minimum Gasteiger partial charge on any atom is -0.503 e. The van der Waals surface area contributed by atoms with Crippen LogP contribution in [-0.2, 0) is 6.54 Å². The average Bonchev–Trinajstić information content (AvgIpc) is 2.94. The lowest BCUT2D eigenvalue weighted by Crippen LogP contribution is -2.50. The highest BCUT2D eigenvalue weighted by atomic mass is 19.3. The van der Waals surface area contributed by atoms with Gasteiger partial charge in [-0.3, -0.25) is 14.4 Å². The van der Waals surface area contributed by atoms with Crippen molar-refractivity contribution in [1.29, 1.82) is 0 Å². The molecule has 1 aromatic carbocycles. The number of amides is 2. The fraction of sp³-hybridized carbons (Fsp3) is 0.409. The summed E-state index contributed by atoms with van der Waals surface area (Å²) in [6, 6.07) is 0.347. The minimum absolute atomic E-state index is 0.0516. The summed E-state index contributed by atoms with van der Waals surface area (Å²) >= 11 is 0. The summed E-state index contributed by atoms with van der Waals surface area (Å²) in [5, 5.41) is 12.7. The van der Waals surface area contributed by atoms with Gasteiger partial charge in [-0.05, 0) is 43.9 Å². The summed E-state index contributed by atoms with van der Waals surface area (Å²) in [7, 11) is 0. The molecule has 2 N–H and O–H groups in total. The molecule has 1 fully saturated rings. The van der Waals surface area contributed by atoms with Crippen LogP contribution in [0.3, 0.4) is 0 Å². The number of carbonyl (C=O) groups excluding carboxylic acids is 2. The number of fused-ring (bicyclic) bond motifs is 4. The van der Waals surface area contributed by atoms with Crippen LogP contribution in [0.4, 0.5) is 17.6 Å². The number of halogens is 4. The van der Waals surface area contributed by atoms with Crippen molar-refractivity contribution >= 4 is 11.8 Å². The molecule has 1 saturated heterocycles. The molecule has 4 rings (SSSR count). The SMILES string of the molecule is Cc1cc(F)c(CNC(=O)c2cn3c(c(O)c2=O)C(=O)N2C[C@@H]3CCCC2C(F)F)c(F)c1. The fourth-order valence-corrected chi connectivity index (χ4v) is 4.47. The number of benzene rings is 1. The Kier molecular flexibility index (Phi) is 5.89. The fourth-order valence-electron chi connectivity index (χ4n) is 4.47. The van der Waals surface area contributed by atoms with Gasteiger partial charge in [-0.1, -0.05) is 0 Å². The van der Waals surface area contributed by atoms with E-state index in [1.165, 1.54) is 11.5 Å². The number of nitrogens with one attached hydrogen (secondary N) is 1. The lowest BCUT2D eigenvalue weighted by Gasteiger charge is -2.37. The molecule has 11 heteroatoms. The van der Waals surface area contributed by atoms with Gasteiger partial charge >= 0.3 is 0 Å². The van der Waals surface area contributed by atoms with Crippen LogP contribution in [0.15, 0.2) is 23.1 Å². The third kappa shape index (κ3) is 3.96. The lowest BCUT2D eigenvalue weighted by atomic mass is 10.1. The molecule has 2 aromatic rings. The number of aryl methyl sites for hydroxylation is 1. The van der Waals surface area contributed by atoms with Crippen molar-refractivity contribution in [3.63, 3.8) is 0 Å². The Balaban J connectivity index is 1.67. The van der Waals surface area contributed by atoms with Crippen LogP contribution in [-0.4, -0.2) is 45.4 Å². The quantitative estimate of drug-likeness (QED) is 0.677. The number of pyridine rings is 1. The molecule has 2 bridgehead atoms. The molecule has 0 saturated carbocycles. The van der Waals surface area contributed by atoms with E-state index in [1.807, 2.05) is 0 Å². The second-order valence-corrected chi connectivity index (χ2v) is 8.31. The largest absolute Gasteiger partial charge is 0.503 e. The Morgan fingerprint density at radius 1 is 1.21 bits per heavy atom. The van der Waals surface area contributed by atoms with Crippen LogP contribution >= 0.6 is 0 Å². The first-order chi connectivity index (χ1) is 15.6. The highest BCUT2D eigenvalue weighted by Crippen LogP contribution is 2.35. The third-order valence-electron chi connectivity index (χ3n) is 6.16. The van der Waals surface area contributed by atoms with E-state index in [9.17, 15) is 37.1 Å². The zero-order chi connectivity index (χ0) is 24.0. The van der Waals surface area contributed by atoms with Gasteiger partial charge in [0.15, 0.2) is 11.4 Å². The number of aromatic nitrogens is 1. The summed E-state index contributed by atoms with van der Waals surface area (Å²) < 4.78 is 56.3. The maximum atomic E-state index is 14.0. The van der Waals surface area contributed by atoms with Crippen molar-refractivity contribution in [1.82, 2.24) is 14.8 Å². The minimum atomic E-state index is -2.78. The molecular weight excluding hydrogens is 446 g/mol. The van der Waals surface area contributed by atoms with E-state index in [2.05, 4.69) is 5.32 Å². The molecule has 2 amide bonds. The first-order valence-electron chi connectivity index (χ1n) is 10.4. The van der Waals surface area contributed by atoms with Crippen LogP contribution < -0.4 is 10.7 Å². The molecule has 3 heterocycles. The molecule has 2 atom stereocenters. The lowest BCUT2D eigenvalue weighted by molar-refractivity contribution is 0.0138. The average molecular weight is 467 g/mol. The number of nitrogens with zero attached hydrogens (tertiary/aromatic N) is 2. The van der Waals surface area contributed by atoms with Crippen molar-refractivity contribution in [2.24, 2.45) is 0 Å². The summed E-state index contributed by atoms with van der Waals surface area (Å²) in [6.07, 6.45) is -0.842. The number of carbonyl (C=O) groups is 2. The van der Waals surface area contributed by atoms with Gasteiger partial charge in [-0.15, -0.1) is 0 Å². The van der Waals surface area contributed by atoms with Crippen molar-refractivity contribution in [3.8, 4) is 5.75 Å². The Morgan fingerprint density at radius 3 is 2.52 bits per heavy atom. The topological polar surface area (TPSA) is 91.6 Å². The first-order valence-corrected chi connectivity index (χ1v) is 10.4. The number of rotatable bonds is 4. The van der Waals surface area contributed by atoms with Crippen LogP contribution in [0, 0.1) is 18.6 Å². The first kappa shape index (κ1) is 22.8. The molecular formula is C22H21F4N3O4. The Labute approximate surface area is 185 Å². The standard InChI is InChI=1S/C22H21F4N3O4/c1-10-5-14(23)12(15(24)6-10)7-27-21(32)13-9-28-11-3-2-4-16(20(25)26)29(8-11)22(33)17(28)19(31)18(13)30/h5-6,9,11,16,20,31H,2-4,7-8H2,1H3,(H,27,32)/t11-,16?/m0/s1. The molecule has 0 radical (unpaired) electrons. The molecule has 33 heavy (non-hydrogen) atoms. The van der Waals surface area contributed by atoms with Gasteiger partial charge in [-0.2, -0.15) is 0 Å². The van der Waals surface area contributed by atoms with E-state index in [0.29, 0.717) is 18.4 Å². The van der Waals surface area contributed by atoms with Crippen LogP contribution in [0.2, 0.25) is 0 Å². The zero-order valence-corrected chi connectivity index (χ0v) is 17.6. The predicted octanol–water partition coefficient (Wildman–Crippen LogP) is 2.89. The van der Waals surface area contributed by atoms with E-state index in [0.717, 1.165) is 23.2 Å². The van der Waals surface area contributed by atoms with Crippen molar-refractivity contribution in [2.75, 3.05) is 6.54 Å². The number of hydrogen-bond donors (Lipinski definition) is 2. The van der Waals surface area contributed by atoms with Crippen LogP contribution in [0.1, 0.15) is 57.3 Å². The molecule has 7 nitrogen and oxygen atoms in total. The zero-order valence-electron chi connectivity index (χ0n) is 17.6. The second kappa shape index (κ2) is 8.53. The molecule has 2 aliphatic rings. The van der Waals surface area contributed by atoms with Crippen LogP contribution in [0.5, 0.6) is 5.75 Å².